The minimum Gasteiger partial charge on any atom is -0.450 e. The van der Waals surface area contributed by atoms with Gasteiger partial charge in [-0.15, -0.1) is 11.8 Å². The lowest BCUT2D eigenvalue weighted by atomic mass is 10.1. The highest BCUT2D eigenvalue weighted by Crippen LogP contribution is 2.27. The smallest absolute Gasteiger partial charge is 0.411 e. The van der Waals surface area contributed by atoms with Gasteiger partial charge in [-0.05, 0) is 49.6 Å². The molecule has 1 aliphatic heterocycles. The highest BCUT2D eigenvalue weighted by Gasteiger charge is 2.19. The van der Waals surface area contributed by atoms with Crippen LogP contribution in [0.15, 0.2) is 56.8 Å². The Hall–Kier alpha value is -3.33. The number of nitrogens with zero attached hydrogens (tertiary/aromatic N) is 2. The third-order valence-electron chi connectivity index (χ3n) is 5.10. The molecular weight excluding hydrogens is 430 g/mol. The first-order chi connectivity index (χ1) is 15.5. The zero-order valence-electron chi connectivity index (χ0n) is 17.6. The van der Waals surface area contributed by atoms with Crippen molar-refractivity contribution in [2.75, 3.05) is 25.0 Å². The molecule has 32 heavy (non-hydrogen) atoms. The fourth-order valence-electron chi connectivity index (χ4n) is 3.56. The highest BCUT2D eigenvalue weighted by molar-refractivity contribution is 7.98. The Bertz CT molecular complexity index is 1190. The van der Waals surface area contributed by atoms with Gasteiger partial charge in [-0.25, -0.2) is 14.6 Å². The van der Waals surface area contributed by atoms with Crippen molar-refractivity contribution in [3.8, 4) is 0 Å². The number of benzene rings is 1. The molecule has 0 radical (unpaired) electrons. The third-order valence-corrected chi connectivity index (χ3v) is 6.10. The Morgan fingerprint density at radius 1 is 1.19 bits per heavy atom. The molecule has 2 aromatic heterocycles. The summed E-state index contributed by atoms with van der Waals surface area (Å²) < 4.78 is 10.2. The monoisotopic (exact) mass is 453 g/mol. The van der Waals surface area contributed by atoms with E-state index in [2.05, 4.69) is 10.3 Å². The van der Waals surface area contributed by atoms with Crippen LogP contribution in [0.1, 0.15) is 35.7 Å². The largest absolute Gasteiger partial charge is 0.450 e. The summed E-state index contributed by atoms with van der Waals surface area (Å²) in [4.78, 5) is 42.4. The van der Waals surface area contributed by atoms with E-state index in [-0.39, 0.29) is 12.5 Å². The second-order valence-corrected chi connectivity index (χ2v) is 8.32. The molecule has 0 bridgehead atoms. The van der Waals surface area contributed by atoms with Gasteiger partial charge in [0.25, 0.3) is 5.91 Å². The number of anilines is 1. The SMILES string of the molecule is CCOC(=O)Nc1ccc2c(CSc3ccc(C(=O)N4CCCC4)cn3)cc(=O)oc2c1. The minimum atomic E-state index is -0.571. The molecule has 9 heteroatoms. The zero-order valence-corrected chi connectivity index (χ0v) is 18.4. The van der Waals surface area contributed by atoms with Gasteiger partial charge in [0, 0.05) is 48.2 Å². The van der Waals surface area contributed by atoms with Crippen LogP contribution >= 0.6 is 11.8 Å². The lowest BCUT2D eigenvalue weighted by Crippen LogP contribution is -2.27. The zero-order chi connectivity index (χ0) is 22.5. The lowest BCUT2D eigenvalue weighted by Gasteiger charge is -2.14. The minimum absolute atomic E-state index is 0.0189. The quantitative estimate of drug-likeness (QED) is 0.439. The van der Waals surface area contributed by atoms with E-state index in [9.17, 15) is 14.4 Å². The average Bonchev–Trinajstić information content (AvgIpc) is 3.32. The predicted octanol–water partition coefficient (Wildman–Crippen LogP) is 4.28. The van der Waals surface area contributed by atoms with Crippen LogP contribution in [0.3, 0.4) is 0 Å². The van der Waals surface area contributed by atoms with Gasteiger partial charge in [-0.2, -0.15) is 0 Å². The molecule has 0 spiro atoms. The van der Waals surface area contributed by atoms with Crippen molar-refractivity contribution in [3.05, 3.63) is 64.1 Å². The van der Waals surface area contributed by atoms with Crippen LogP contribution in [0.5, 0.6) is 0 Å². The maximum atomic E-state index is 12.5. The van der Waals surface area contributed by atoms with Gasteiger partial charge >= 0.3 is 11.7 Å². The van der Waals surface area contributed by atoms with Gasteiger partial charge in [-0.1, -0.05) is 0 Å². The lowest BCUT2D eigenvalue weighted by molar-refractivity contribution is 0.0792. The van der Waals surface area contributed by atoms with Crippen molar-refractivity contribution in [2.24, 2.45) is 0 Å². The fraction of sp³-hybridized carbons (Fsp3) is 0.304. The second kappa shape index (κ2) is 9.86. The van der Waals surface area contributed by atoms with Crippen LogP contribution in [-0.4, -0.2) is 41.6 Å². The number of hydrogen-bond acceptors (Lipinski definition) is 7. The van der Waals surface area contributed by atoms with Crippen molar-refractivity contribution < 1.29 is 18.7 Å². The van der Waals surface area contributed by atoms with Crippen molar-refractivity contribution in [2.45, 2.75) is 30.5 Å². The van der Waals surface area contributed by atoms with Gasteiger partial charge in [-0.3, -0.25) is 10.1 Å². The van der Waals surface area contributed by atoms with Crippen LogP contribution in [0, 0.1) is 0 Å². The number of nitrogens with one attached hydrogen (secondary N) is 1. The third kappa shape index (κ3) is 5.11. The Balaban J connectivity index is 1.47. The molecule has 3 heterocycles. The summed E-state index contributed by atoms with van der Waals surface area (Å²) in [6.45, 7) is 3.58. The maximum Gasteiger partial charge on any atom is 0.411 e. The van der Waals surface area contributed by atoms with Crippen molar-refractivity contribution in [1.29, 1.82) is 0 Å². The molecular formula is C23H23N3O5S. The summed E-state index contributed by atoms with van der Waals surface area (Å²) in [5.74, 6) is 0.518. The van der Waals surface area contributed by atoms with Crippen LogP contribution in [0.2, 0.25) is 0 Å². The van der Waals surface area contributed by atoms with E-state index in [0.29, 0.717) is 22.6 Å². The number of rotatable bonds is 6. The Kier molecular flexibility index (Phi) is 6.75. The van der Waals surface area contributed by atoms with Crippen molar-refractivity contribution in [3.63, 3.8) is 0 Å². The molecule has 1 fully saturated rings. The Morgan fingerprint density at radius 2 is 2.00 bits per heavy atom. The number of aromatic nitrogens is 1. The number of hydrogen-bond donors (Lipinski definition) is 1. The van der Waals surface area contributed by atoms with E-state index in [4.69, 9.17) is 9.15 Å². The average molecular weight is 454 g/mol. The predicted molar refractivity (Wildman–Crippen MR) is 122 cm³/mol. The van der Waals surface area contributed by atoms with Crippen LogP contribution in [-0.2, 0) is 10.5 Å². The summed E-state index contributed by atoms with van der Waals surface area (Å²) in [6, 6.07) is 10.2. The molecule has 0 unspecified atom stereocenters. The molecule has 0 aliphatic carbocycles. The number of amides is 2. The molecule has 1 aliphatic rings. The Morgan fingerprint density at radius 3 is 2.72 bits per heavy atom. The molecule has 166 valence electrons. The summed E-state index contributed by atoms with van der Waals surface area (Å²) >= 11 is 1.46. The van der Waals surface area contributed by atoms with Crippen LogP contribution < -0.4 is 10.9 Å². The molecule has 1 N–H and O–H groups in total. The first-order valence-corrected chi connectivity index (χ1v) is 11.4. The van der Waals surface area contributed by atoms with Gasteiger partial charge in [0.2, 0.25) is 0 Å². The summed E-state index contributed by atoms with van der Waals surface area (Å²) in [5, 5.41) is 4.12. The molecule has 0 saturated carbocycles. The van der Waals surface area contributed by atoms with E-state index in [0.717, 1.165) is 41.9 Å². The Labute approximate surface area is 189 Å². The van der Waals surface area contributed by atoms with Crippen LogP contribution in [0.25, 0.3) is 11.0 Å². The van der Waals surface area contributed by atoms with Gasteiger partial charge in [0.05, 0.1) is 17.2 Å². The summed E-state index contributed by atoms with van der Waals surface area (Å²) in [6.07, 6.45) is 3.13. The van der Waals surface area contributed by atoms with Gasteiger partial charge in [0.1, 0.15) is 5.58 Å². The molecule has 0 atom stereocenters. The number of ether oxygens (including phenoxy) is 1. The number of fused-ring (bicyclic) bond motifs is 1. The van der Waals surface area contributed by atoms with E-state index >= 15 is 0 Å². The summed E-state index contributed by atoms with van der Waals surface area (Å²) in [7, 11) is 0. The molecule has 8 nitrogen and oxygen atoms in total. The molecule has 4 rings (SSSR count). The molecule has 1 saturated heterocycles. The van der Waals surface area contributed by atoms with Gasteiger partial charge in [0.15, 0.2) is 0 Å². The number of thioether (sulfide) groups is 1. The first-order valence-electron chi connectivity index (χ1n) is 10.4. The van der Waals surface area contributed by atoms with E-state index in [1.54, 1.807) is 37.4 Å². The van der Waals surface area contributed by atoms with E-state index < -0.39 is 11.7 Å². The first kappa shape index (κ1) is 21.9. The number of likely N-dealkylation sites (tertiary alicyclic amines) is 1. The van der Waals surface area contributed by atoms with E-state index in [1.807, 2.05) is 11.0 Å². The maximum absolute atomic E-state index is 12.5. The fourth-order valence-corrected chi connectivity index (χ4v) is 4.39. The van der Waals surface area contributed by atoms with Gasteiger partial charge < -0.3 is 14.1 Å². The highest BCUT2D eigenvalue weighted by atomic mass is 32.2. The molecule has 3 aromatic rings. The molecule has 2 amide bonds. The van der Waals surface area contributed by atoms with Crippen molar-refractivity contribution in [1.82, 2.24) is 9.88 Å². The van der Waals surface area contributed by atoms with E-state index in [1.165, 1.54) is 17.8 Å². The topological polar surface area (TPSA) is 102 Å². The number of pyridine rings is 1. The molecule has 1 aromatic carbocycles. The standard InChI is InChI=1S/C23H23N3O5S/c1-2-30-23(29)25-17-6-7-18-16(11-21(27)31-19(18)12-17)14-32-20-8-5-15(13-24-20)22(28)26-9-3-4-10-26/h5-8,11-13H,2-4,9-10,14H2,1H3,(H,25,29). The van der Waals surface area contributed by atoms with Crippen LogP contribution in [0.4, 0.5) is 10.5 Å². The second-order valence-electron chi connectivity index (χ2n) is 7.32. The number of carbonyl (C=O) groups excluding carboxylic acids is 2. The normalized spacial score (nSPS) is 13.3. The summed E-state index contributed by atoms with van der Waals surface area (Å²) in [5.41, 5.74) is 1.76. The number of carbonyl (C=O) groups is 2. The van der Waals surface area contributed by atoms with Crippen molar-refractivity contribution >= 4 is 40.4 Å².